The van der Waals surface area contributed by atoms with Gasteiger partial charge in [-0.15, -0.1) is 0 Å². The minimum absolute atomic E-state index is 0.631. The van der Waals surface area contributed by atoms with Crippen molar-refractivity contribution in [3.05, 3.63) is 24.3 Å². The number of hydrogen-bond donors (Lipinski definition) is 1. The van der Waals surface area contributed by atoms with E-state index in [-0.39, 0.29) is 0 Å². The normalized spacial score (nSPS) is 25.0. The molecule has 3 rings (SSSR count). The number of hydrogen-bond acceptors (Lipinski definition) is 3. The van der Waals surface area contributed by atoms with Crippen molar-refractivity contribution in [3.63, 3.8) is 0 Å². The molecule has 0 amide bonds. The highest BCUT2D eigenvalue weighted by Crippen LogP contribution is 2.30. The summed E-state index contributed by atoms with van der Waals surface area (Å²) in [7, 11) is 0. The Hall–Kier alpha value is -1.09. The zero-order valence-corrected chi connectivity index (χ0v) is 11.0. The smallest absolute Gasteiger partial charge is 0.184 e. The highest BCUT2D eigenvalue weighted by molar-refractivity contribution is 7.22. The summed E-state index contributed by atoms with van der Waals surface area (Å²) in [6, 6.07) is 8.98. The molecule has 1 aromatic carbocycles. The fourth-order valence-corrected chi connectivity index (χ4v) is 3.46. The summed E-state index contributed by atoms with van der Waals surface area (Å²) in [5.41, 5.74) is 1.11. The number of aromatic nitrogens is 1. The second kappa shape index (κ2) is 4.65. The Balaban J connectivity index is 1.72. The SMILES string of the molecule is CC1CCC(Nc2nc3ccccc3s2)CC1. The minimum atomic E-state index is 0.631. The van der Waals surface area contributed by atoms with Crippen molar-refractivity contribution >= 4 is 26.7 Å². The van der Waals surface area contributed by atoms with Gasteiger partial charge in [0.15, 0.2) is 5.13 Å². The van der Waals surface area contributed by atoms with E-state index < -0.39 is 0 Å². The monoisotopic (exact) mass is 246 g/mol. The molecule has 1 aliphatic carbocycles. The van der Waals surface area contributed by atoms with Crippen molar-refractivity contribution in [2.75, 3.05) is 5.32 Å². The van der Waals surface area contributed by atoms with Gasteiger partial charge in [-0.3, -0.25) is 0 Å². The average molecular weight is 246 g/mol. The van der Waals surface area contributed by atoms with Gasteiger partial charge in [-0.05, 0) is 43.7 Å². The number of para-hydroxylation sites is 1. The van der Waals surface area contributed by atoms with Crippen molar-refractivity contribution in [1.82, 2.24) is 4.98 Å². The van der Waals surface area contributed by atoms with Crippen molar-refractivity contribution in [3.8, 4) is 0 Å². The zero-order chi connectivity index (χ0) is 11.7. The summed E-state index contributed by atoms with van der Waals surface area (Å²) in [6.07, 6.45) is 5.28. The van der Waals surface area contributed by atoms with Gasteiger partial charge in [0, 0.05) is 6.04 Å². The third-order valence-corrected chi connectivity index (χ3v) is 4.60. The summed E-state index contributed by atoms with van der Waals surface area (Å²) in [5, 5.41) is 4.69. The molecule has 17 heavy (non-hydrogen) atoms. The van der Waals surface area contributed by atoms with E-state index in [1.165, 1.54) is 30.4 Å². The van der Waals surface area contributed by atoms with Crippen molar-refractivity contribution in [2.45, 2.75) is 38.6 Å². The van der Waals surface area contributed by atoms with Gasteiger partial charge < -0.3 is 5.32 Å². The van der Waals surface area contributed by atoms with Gasteiger partial charge in [-0.1, -0.05) is 30.4 Å². The van der Waals surface area contributed by atoms with Gasteiger partial charge in [-0.2, -0.15) is 0 Å². The molecule has 1 heterocycles. The third kappa shape index (κ3) is 2.44. The second-order valence-corrected chi connectivity index (χ2v) is 6.12. The number of fused-ring (bicyclic) bond motifs is 1. The van der Waals surface area contributed by atoms with Crippen molar-refractivity contribution in [2.24, 2.45) is 5.92 Å². The van der Waals surface area contributed by atoms with Gasteiger partial charge >= 0.3 is 0 Å². The van der Waals surface area contributed by atoms with Crippen molar-refractivity contribution < 1.29 is 0 Å². The number of thiazole rings is 1. The van der Waals surface area contributed by atoms with E-state index in [9.17, 15) is 0 Å². The maximum atomic E-state index is 4.63. The Labute approximate surface area is 106 Å². The predicted octanol–water partition coefficient (Wildman–Crippen LogP) is 4.29. The maximum Gasteiger partial charge on any atom is 0.184 e. The van der Waals surface area contributed by atoms with Crippen LogP contribution in [-0.4, -0.2) is 11.0 Å². The van der Waals surface area contributed by atoms with E-state index in [4.69, 9.17) is 0 Å². The first-order valence-corrected chi connectivity index (χ1v) is 7.25. The molecule has 90 valence electrons. The van der Waals surface area contributed by atoms with Crippen LogP contribution in [-0.2, 0) is 0 Å². The highest BCUT2D eigenvalue weighted by Gasteiger charge is 2.18. The van der Waals surface area contributed by atoms with Crippen LogP contribution in [0.5, 0.6) is 0 Å². The molecule has 1 N–H and O–H groups in total. The molecule has 1 fully saturated rings. The van der Waals surface area contributed by atoms with E-state index in [0.717, 1.165) is 16.6 Å². The van der Waals surface area contributed by atoms with Crippen LogP contribution >= 0.6 is 11.3 Å². The molecule has 2 aromatic rings. The zero-order valence-electron chi connectivity index (χ0n) is 10.1. The summed E-state index contributed by atoms with van der Waals surface area (Å²) in [4.78, 5) is 4.63. The van der Waals surface area contributed by atoms with Crippen LogP contribution in [0.3, 0.4) is 0 Å². The summed E-state index contributed by atoms with van der Waals surface area (Å²) in [5.74, 6) is 0.906. The largest absolute Gasteiger partial charge is 0.359 e. The number of nitrogens with zero attached hydrogens (tertiary/aromatic N) is 1. The topological polar surface area (TPSA) is 24.9 Å². The standard InChI is InChI=1S/C14H18N2S/c1-10-6-8-11(9-7-10)15-14-16-12-4-2-3-5-13(12)17-14/h2-5,10-11H,6-9H2,1H3,(H,15,16). The summed E-state index contributed by atoms with van der Waals surface area (Å²) < 4.78 is 1.28. The second-order valence-electron chi connectivity index (χ2n) is 5.09. The van der Waals surface area contributed by atoms with Gasteiger partial charge in [0.25, 0.3) is 0 Å². The predicted molar refractivity (Wildman–Crippen MR) is 74.7 cm³/mol. The molecule has 0 atom stereocenters. The molecule has 0 spiro atoms. The number of nitrogens with one attached hydrogen (secondary N) is 1. The molecule has 0 saturated heterocycles. The van der Waals surface area contributed by atoms with Crippen LogP contribution in [0.25, 0.3) is 10.2 Å². The van der Waals surface area contributed by atoms with E-state index in [1.807, 2.05) is 6.07 Å². The lowest BCUT2D eigenvalue weighted by molar-refractivity contribution is 0.361. The van der Waals surface area contributed by atoms with E-state index >= 15 is 0 Å². The highest BCUT2D eigenvalue weighted by atomic mass is 32.1. The van der Waals surface area contributed by atoms with Crippen LogP contribution in [0, 0.1) is 5.92 Å². The molecular formula is C14H18N2S. The molecule has 0 radical (unpaired) electrons. The minimum Gasteiger partial charge on any atom is -0.359 e. The Bertz CT molecular complexity index is 465. The molecule has 3 heteroatoms. The number of benzene rings is 1. The van der Waals surface area contributed by atoms with Crippen LogP contribution < -0.4 is 5.32 Å². The maximum absolute atomic E-state index is 4.63. The number of anilines is 1. The van der Waals surface area contributed by atoms with Crippen molar-refractivity contribution in [1.29, 1.82) is 0 Å². The Kier molecular flexibility index (Phi) is 3.02. The Morgan fingerprint density at radius 1 is 1.18 bits per heavy atom. The van der Waals surface area contributed by atoms with Crippen LogP contribution in [0.4, 0.5) is 5.13 Å². The molecule has 0 aliphatic heterocycles. The quantitative estimate of drug-likeness (QED) is 0.855. The molecule has 0 unspecified atom stereocenters. The lowest BCUT2D eigenvalue weighted by Gasteiger charge is -2.26. The Morgan fingerprint density at radius 3 is 2.71 bits per heavy atom. The van der Waals surface area contributed by atoms with Crippen LogP contribution in [0.15, 0.2) is 24.3 Å². The van der Waals surface area contributed by atoms with E-state index in [2.05, 4.69) is 35.4 Å². The first-order valence-electron chi connectivity index (χ1n) is 6.43. The molecule has 0 bridgehead atoms. The Morgan fingerprint density at radius 2 is 1.94 bits per heavy atom. The number of rotatable bonds is 2. The lowest BCUT2D eigenvalue weighted by Crippen LogP contribution is -2.24. The lowest BCUT2D eigenvalue weighted by atomic mass is 9.87. The fraction of sp³-hybridized carbons (Fsp3) is 0.500. The third-order valence-electron chi connectivity index (χ3n) is 3.64. The van der Waals surface area contributed by atoms with E-state index in [0.29, 0.717) is 6.04 Å². The first-order chi connectivity index (χ1) is 8.31. The molecule has 1 aliphatic rings. The summed E-state index contributed by atoms with van der Waals surface area (Å²) in [6.45, 7) is 2.36. The van der Waals surface area contributed by atoms with Gasteiger partial charge in [-0.25, -0.2) is 4.98 Å². The molecular weight excluding hydrogens is 228 g/mol. The fourth-order valence-electron chi connectivity index (χ4n) is 2.51. The first kappa shape index (κ1) is 11.0. The average Bonchev–Trinajstić information content (AvgIpc) is 2.74. The van der Waals surface area contributed by atoms with E-state index in [1.54, 1.807) is 11.3 Å². The molecule has 1 aromatic heterocycles. The molecule has 2 nitrogen and oxygen atoms in total. The van der Waals surface area contributed by atoms with Crippen LogP contribution in [0.1, 0.15) is 32.6 Å². The van der Waals surface area contributed by atoms with Crippen LogP contribution in [0.2, 0.25) is 0 Å². The molecule has 1 saturated carbocycles. The van der Waals surface area contributed by atoms with Gasteiger partial charge in [0.05, 0.1) is 10.2 Å². The summed E-state index contributed by atoms with van der Waals surface area (Å²) >= 11 is 1.77. The van der Waals surface area contributed by atoms with Gasteiger partial charge in [0.2, 0.25) is 0 Å². The van der Waals surface area contributed by atoms with Gasteiger partial charge in [0.1, 0.15) is 0 Å².